The Hall–Kier alpha value is -1.85. The molecule has 6 heteroatoms. The standard InChI is InChI=1S/C19H26N4O.ClH/c1-15(16-7-4-9-20-13-16)12-19(24)21-14-17-6-2-3-8-18(17)23-11-5-10-22-23;/h2-3,5-6,8,10-11,15-16,20H,4,7,9,12-14H2,1H3,(H,21,24);1H. The Morgan fingerprint density at radius 2 is 2.24 bits per heavy atom. The number of aromatic nitrogens is 2. The topological polar surface area (TPSA) is 59.0 Å². The van der Waals surface area contributed by atoms with Gasteiger partial charge < -0.3 is 10.6 Å². The first-order valence-corrected chi connectivity index (χ1v) is 8.79. The van der Waals surface area contributed by atoms with E-state index in [1.165, 1.54) is 12.8 Å². The van der Waals surface area contributed by atoms with Gasteiger partial charge >= 0.3 is 0 Å². The van der Waals surface area contributed by atoms with Crippen molar-refractivity contribution >= 4 is 18.3 Å². The molecule has 2 unspecified atom stereocenters. The number of amides is 1. The summed E-state index contributed by atoms with van der Waals surface area (Å²) in [6, 6.07) is 9.93. The van der Waals surface area contributed by atoms with Crippen molar-refractivity contribution < 1.29 is 4.79 Å². The smallest absolute Gasteiger partial charge is 0.220 e. The molecular formula is C19H27ClN4O. The Labute approximate surface area is 155 Å². The SMILES string of the molecule is CC(CC(=O)NCc1ccccc1-n1cccn1)C1CCCNC1.Cl. The molecule has 2 N–H and O–H groups in total. The molecule has 1 aromatic heterocycles. The fourth-order valence-electron chi connectivity index (χ4n) is 3.38. The second kappa shape index (κ2) is 9.59. The lowest BCUT2D eigenvalue weighted by atomic mass is 9.85. The normalized spacial score (nSPS) is 18.2. The van der Waals surface area contributed by atoms with Gasteiger partial charge in [0.25, 0.3) is 0 Å². The molecule has 3 rings (SSSR count). The second-order valence-electron chi connectivity index (χ2n) is 6.64. The Morgan fingerprint density at radius 3 is 2.96 bits per heavy atom. The van der Waals surface area contributed by atoms with Crippen molar-refractivity contribution in [3.05, 3.63) is 48.3 Å². The van der Waals surface area contributed by atoms with Crippen LogP contribution in [0.1, 0.15) is 31.7 Å². The molecule has 1 amide bonds. The molecule has 0 spiro atoms. The molecule has 136 valence electrons. The quantitative estimate of drug-likeness (QED) is 0.830. The summed E-state index contributed by atoms with van der Waals surface area (Å²) in [6.45, 7) is 4.87. The second-order valence-corrected chi connectivity index (χ2v) is 6.64. The third-order valence-electron chi connectivity index (χ3n) is 4.87. The van der Waals surface area contributed by atoms with E-state index in [-0.39, 0.29) is 18.3 Å². The average Bonchev–Trinajstić information content (AvgIpc) is 3.15. The average molecular weight is 363 g/mol. The zero-order chi connectivity index (χ0) is 16.8. The first kappa shape index (κ1) is 19.5. The number of benzene rings is 1. The lowest BCUT2D eigenvalue weighted by Gasteiger charge is -2.28. The zero-order valence-corrected chi connectivity index (χ0v) is 15.5. The van der Waals surface area contributed by atoms with Crippen LogP contribution in [0.4, 0.5) is 0 Å². The van der Waals surface area contributed by atoms with Gasteiger partial charge in [-0.3, -0.25) is 4.79 Å². The third kappa shape index (κ3) is 5.31. The Bertz CT molecular complexity index is 653. The highest BCUT2D eigenvalue weighted by Gasteiger charge is 2.22. The van der Waals surface area contributed by atoms with Crippen molar-refractivity contribution in [2.24, 2.45) is 11.8 Å². The molecule has 2 heterocycles. The van der Waals surface area contributed by atoms with Crippen LogP contribution >= 0.6 is 12.4 Å². The van der Waals surface area contributed by atoms with Crippen LogP contribution in [-0.2, 0) is 11.3 Å². The fraction of sp³-hybridized carbons (Fsp3) is 0.474. The van der Waals surface area contributed by atoms with E-state index in [2.05, 4.69) is 22.7 Å². The van der Waals surface area contributed by atoms with E-state index in [9.17, 15) is 4.79 Å². The predicted octanol–water partition coefficient (Wildman–Crippen LogP) is 2.94. The fourth-order valence-corrected chi connectivity index (χ4v) is 3.38. The molecule has 2 atom stereocenters. The van der Waals surface area contributed by atoms with Gasteiger partial charge in [0.1, 0.15) is 0 Å². The van der Waals surface area contributed by atoms with Gasteiger partial charge in [0.05, 0.1) is 5.69 Å². The number of para-hydroxylation sites is 1. The molecule has 0 bridgehead atoms. The highest BCUT2D eigenvalue weighted by atomic mass is 35.5. The zero-order valence-electron chi connectivity index (χ0n) is 14.6. The maximum atomic E-state index is 12.3. The molecule has 0 aliphatic carbocycles. The highest BCUT2D eigenvalue weighted by Crippen LogP contribution is 2.22. The minimum Gasteiger partial charge on any atom is -0.352 e. The maximum absolute atomic E-state index is 12.3. The summed E-state index contributed by atoms with van der Waals surface area (Å²) in [7, 11) is 0. The van der Waals surface area contributed by atoms with E-state index in [0.717, 1.165) is 24.3 Å². The Morgan fingerprint density at radius 1 is 1.40 bits per heavy atom. The molecule has 0 saturated carbocycles. The van der Waals surface area contributed by atoms with Crippen molar-refractivity contribution in [2.75, 3.05) is 13.1 Å². The number of carbonyl (C=O) groups is 1. The van der Waals surface area contributed by atoms with Crippen LogP contribution in [0.15, 0.2) is 42.7 Å². The first-order chi connectivity index (χ1) is 11.7. The van der Waals surface area contributed by atoms with Crippen molar-refractivity contribution in [1.29, 1.82) is 0 Å². The van der Waals surface area contributed by atoms with Crippen molar-refractivity contribution in [1.82, 2.24) is 20.4 Å². The van der Waals surface area contributed by atoms with Gasteiger partial charge in [-0.05, 0) is 55.5 Å². The van der Waals surface area contributed by atoms with Crippen molar-refractivity contribution in [2.45, 2.75) is 32.7 Å². The molecule has 25 heavy (non-hydrogen) atoms. The Balaban J connectivity index is 0.00000225. The van der Waals surface area contributed by atoms with Gasteiger partial charge in [-0.2, -0.15) is 5.10 Å². The largest absolute Gasteiger partial charge is 0.352 e. The summed E-state index contributed by atoms with van der Waals surface area (Å²) >= 11 is 0. The van der Waals surface area contributed by atoms with Crippen LogP contribution in [0.2, 0.25) is 0 Å². The van der Waals surface area contributed by atoms with E-state index < -0.39 is 0 Å². The van der Waals surface area contributed by atoms with Crippen LogP contribution in [0, 0.1) is 11.8 Å². The van der Waals surface area contributed by atoms with Gasteiger partial charge in [0.2, 0.25) is 5.91 Å². The van der Waals surface area contributed by atoms with Crippen LogP contribution in [-0.4, -0.2) is 28.8 Å². The lowest BCUT2D eigenvalue weighted by molar-refractivity contribution is -0.122. The third-order valence-corrected chi connectivity index (χ3v) is 4.87. The number of piperidine rings is 1. The molecule has 1 saturated heterocycles. The summed E-state index contributed by atoms with van der Waals surface area (Å²) in [5, 5.41) is 10.8. The van der Waals surface area contributed by atoms with Gasteiger partial charge in [0.15, 0.2) is 0 Å². The van der Waals surface area contributed by atoms with E-state index in [1.807, 2.05) is 41.2 Å². The molecule has 1 aromatic carbocycles. The van der Waals surface area contributed by atoms with E-state index >= 15 is 0 Å². The summed E-state index contributed by atoms with van der Waals surface area (Å²) < 4.78 is 1.83. The van der Waals surface area contributed by atoms with Crippen molar-refractivity contribution in [3.8, 4) is 5.69 Å². The van der Waals surface area contributed by atoms with Gasteiger partial charge in [-0.1, -0.05) is 25.1 Å². The molecule has 2 aromatic rings. The molecule has 0 radical (unpaired) electrons. The maximum Gasteiger partial charge on any atom is 0.220 e. The minimum atomic E-state index is 0. The number of halogens is 1. The summed E-state index contributed by atoms with van der Waals surface area (Å²) in [5.41, 5.74) is 2.08. The molecule has 5 nitrogen and oxygen atoms in total. The number of nitrogens with zero attached hydrogens (tertiary/aromatic N) is 2. The first-order valence-electron chi connectivity index (χ1n) is 8.79. The van der Waals surface area contributed by atoms with E-state index in [0.29, 0.717) is 24.8 Å². The van der Waals surface area contributed by atoms with Crippen LogP contribution in [0.5, 0.6) is 0 Å². The highest BCUT2D eigenvalue weighted by molar-refractivity contribution is 5.85. The van der Waals surface area contributed by atoms with Gasteiger partial charge in [-0.25, -0.2) is 4.68 Å². The van der Waals surface area contributed by atoms with Crippen LogP contribution in [0.3, 0.4) is 0 Å². The van der Waals surface area contributed by atoms with E-state index in [1.54, 1.807) is 6.20 Å². The Kier molecular flexibility index (Phi) is 7.47. The molecule has 1 fully saturated rings. The number of rotatable bonds is 6. The molecular weight excluding hydrogens is 336 g/mol. The summed E-state index contributed by atoms with van der Waals surface area (Å²) in [4.78, 5) is 12.3. The summed E-state index contributed by atoms with van der Waals surface area (Å²) in [5.74, 6) is 1.16. The number of nitrogens with one attached hydrogen (secondary N) is 2. The molecule has 1 aliphatic rings. The van der Waals surface area contributed by atoms with Gasteiger partial charge in [0, 0.05) is 25.4 Å². The van der Waals surface area contributed by atoms with Crippen LogP contribution in [0.25, 0.3) is 5.69 Å². The van der Waals surface area contributed by atoms with E-state index in [4.69, 9.17) is 0 Å². The van der Waals surface area contributed by atoms with Gasteiger partial charge in [-0.15, -0.1) is 12.4 Å². The number of hydrogen-bond acceptors (Lipinski definition) is 3. The molecule has 1 aliphatic heterocycles. The summed E-state index contributed by atoms with van der Waals surface area (Å²) in [6.07, 6.45) is 6.71. The monoisotopic (exact) mass is 362 g/mol. The lowest BCUT2D eigenvalue weighted by Crippen LogP contribution is -2.35. The minimum absolute atomic E-state index is 0. The van der Waals surface area contributed by atoms with Crippen LogP contribution < -0.4 is 10.6 Å². The number of hydrogen-bond donors (Lipinski definition) is 2. The predicted molar refractivity (Wildman–Crippen MR) is 102 cm³/mol. The number of carbonyl (C=O) groups excluding carboxylic acids is 1. The van der Waals surface area contributed by atoms with Crippen molar-refractivity contribution in [3.63, 3.8) is 0 Å².